The van der Waals surface area contributed by atoms with Crippen LogP contribution in [0.2, 0.25) is 0 Å². The molecule has 0 bridgehead atoms. The number of pyridine rings is 1. The van der Waals surface area contributed by atoms with Crippen LogP contribution in [0.5, 0.6) is 5.75 Å². The number of aromatic nitrogens is 1. The van der Waals surface area contributed by atoms with Crippen molar-refractivity contribution >= 4 is 18.1 Å². The number of rotatable bonds is 2. The van der Waals surface area contributed by atoms with Crippen molar-refractivity contribution in [2.24, 2.45) is 0 Å². The number of aromatic hydroxyl groups is 1. The molecule has 2 aromatic rings. The van der Waals surface area contributed by atoms with Crippen molar-refractivity contribution in [3.8, 4) is 11.4 Å². The summed E-state index contributed by atoms with van der Waals surface area (Å²) in [4.78, 5) is 16.1. The Morgan fingerprint density at radius 2 is 1.52 bits per heavy atom. The molecule has 124 valence electrons. The van der Waals surface area contributed by atoms with Crippen molar-refractivity contribution < 1.29 is 5.11 Å². The second kappa shape index (κ2) is 7.06. The quantitative estimate of drug-likeness (QED) is 0.912. The van der Waals surface area contributed by atoms with Gasteiger partial charge in [-0.2, -0.15) is 0 Å². The van der Waals surface area contributed by atoms with E-state index in [1.807, 2.05) is 16.7 Å². The van der Waals surface area contributed by atoms with Crippen molar-refractivity contribution in [1.82, 2.24) is 9.47 Å². The Bertz CT molecular complexity index is 720. The van der Waals surface area contributed by atoms with Crippen molar-refractivity contribution in [1.29, 1.82) is 0 Å². The third-order valence-corrected chi connectivity index (χ3v) is 4.31. The fourth-order valence-electron chi connectivity index (χ4n) is 2.79. The average molecular weight is 336 g/mol. The molecule has 0 unspecified atom stereocenters. The topological polar surface area (TPSA) is 48.7 Å². The van der Waals surface area contributed by atoms with Gasteiger partial charge in [-0.3, -0.25) is 4.79 Å². The monoisotopic (exact) mass is 335 g/mol. The molecule has 1 N–H and O–H groups in total. The minimum atomic E-state index is -0.345. The van der Waals surface area contributed by atoms with Crippen molar-refractivity contribution in [2.75, 3.05) is 38.1 Å². The molecule has 0 radical (unpaired) electrons. The first kappa shape index (κ1) is 17.4. The summed E-state index contributed by atoms with van der Waals surface area (Å²) in [5, 5.41) is 9.79. The molecular formula is C17H22ClN3O2. The summed E-state index contributed by atoms with van der Waals surface area (Å²) in [6.07, 6.45) is 1.70. The van der Waals surface area contributed by atoms with Crippen molar-refractivity contribution in [3.05, 3.63) is 52.4 Å². The first-order valence-electron chi connectivity index (χ1n) is 7.51. The number of nitrogens with zero attached hydrogens (tertiary/aromatic N) is 3. The molecule has 3 rings (SSSR count). The summed E-state index contributed by atoms with van der Waals surface area (Å²) in [5.74, 6) is -0.189. The van der Waals surface area contributed by atoms with Crippen LogP contribution in [0.4, 0.5) is 5.69 Å². The highest BCUT2D eigenvalue weighted by Crippen LogP contribution is 2.21. The van der Waals surface area contributed by atoms with Gasteiger partial charge in [0.1, 0.15) is 0 Å². The molecular weight excluding hydrogens is 314 g/mol. The third kappa shape index (κ3) is 3.51. The van der Waals surface area contributed by atoms with E-state index >= 15 is 0 Å². The van der Waals surface area contributed by atoms with E-state index in [1.54, 1.807) is 13.1 Å². The number of piperazine rings is 1. The SMILES string of the molecule is Cc1c(O)c(=O)ccn1-c1ccc(N2CCN(C)CC2)cc1.Cl. The van der Waals surface area contributed by atoms with Gasteiger partial charge in [-0.05, 0) is 38.2 Å². The van der Waals surface area contributed by atoms with Crippen molar-refractivity contribution in [3.63, 3.8) is 0 Å². The van der Waals surface area contributed by atoms with E-state index in [0.717, 1.165) is 31.9 Å². The molecule has 5 nitrogen and oxygen atoms in total. The standard InChI is InChI=1S/C17H21N3O2.ClH/c1-13-17(22)16(21)7-8-20(13)15-5-3-14(4-6-15)19-11-9-18(2)10-12-19;/h3-8,22H,9-12H2,1-2H3;1H. The zero-order valence-electron chi connectivity index (χ0n) is 13.4. The van der Waals surface area contributed by atoms with Gasteiger partial charge in [0.25, 0.3) is 0 Å². The Hall–Kier alpha value is -1.98. The zero-order valence-corrected chi connectivity index (χ0v) is 14.2. The summed E-state index contributed by atoms with van der Waals surface area (Å²) >= 11 is 0. The van der Waals surface area contributed by atoms with Gasteiger partial charge in [-0.1, -0.05) is 0 Å². The van der Waals surface area contributed by atoms with E-state index in [4.69, 9.17) is 0 Å². The highest BCUT2D eigenvalue weighted by atomic mass is 35.5. The Labute approximate surface area is 142 Å². The van der Waals surface area contributed by atoms with Gasteiger partial charge in [0, 0.05) is 49.8 Å². The fraction of sp³-hybridized carbons (Fsp3) is 0.353. The van der Waals surface area contributed by atoms with Crippen LogP contribution in [0.15, 0.2) is 41.3 Å². The molecule has 1 saturated heterocycles. The maximum Gasteiger partial charge on any atom is 0.223 e. The lowest BCUT2D eigenvalue weighted by Gasteiger charge is -2.34. The van der Waals surface area contributed by atoms with Crippen LogP contribution >= 0.6 is 12.4 Å². The lowest BCUT2D eigenvalue weighted by molar-refractivity contribution is 0.313. The molecule has 0 amide bonds. The van der Waals surface area contributed by atoms with Gasteiger partial charge in [-0.25, -0.2) is 0 Å². The Morgan fingerprint density at radius 3 is 2.13 bits per heavy atom. The number of hydrogen-bond acceptors (Lipinski definition) is 4. The molecule has 0 spiro atoms. The molecule has 1 fully saturated rings. The van der Waals surface area contributed by atoms with E-state index in [2.05, 4.69) is 29.0 Å². The van der Waals surface area contributed by atoms with Crippen LogP contribution in [0.1, 0.15) is 5.69 Å². The summed E-state index contributed by atoms with van der Waals surface area (Å²) < 4.78 is 1.82. The summed E-state index contributed by atoms with van der Waals surface area (Å²) in [6.45, 7) is 5.97. The Balaban J connectivity index is 0.00000192. The molecule has 0 atom stereocenters. The van der Waals surface area contributed by atoms with Gasteiger partial charge in [0.15, 0.2) is 5.75 Å². The lowest BCUT2D eigenvalue weighted by Crippen LogP contribution is -2.44. The normalized spacial score (nSPS) is 15.3. The van der Waals surface area contributed by atoms with Gasteiger partial charge in [0.05, 0.1) is 5.69 Å². The lowest BCUT2D eigenvalue weighted by atomic mass is 10.2. The summed E-state index contributed by atoms with van der Waals surface area (Å²) in [7, 11) is 2.14. The van der Waals surface area contributed by atoms with E-state index in [9.17, 15) is 9.90 Å². The third-order valence-electron chi connectivity index (χ3n) is 4.31. The first-order chi connectivity index (χ1) is 10.6. The van der Waals surface area contributed by atoms with Crippen LogP contribution in [-0.4, -0.2) is 47.8 Å². The van der Waals surface area contributed by atoms with Crippen molar-refractivity contribution in [2.45, 2.75) is 6.92 Å². The zero-order chi connectivity index (χ0) is 15.7. The van der Waals surface area contributed by atoms with Crippen LogP contribution in [-0.2, 0) is 0 Å². The molecule has 2 heterocycles. The highest BCUT2D eigenvalue weighted by molar-refractivity contribution is 5.85. The van der Waals surface area contributed by atoms with Crippen LogP contribution < -0.4 is 10.3 Å². The maximum absolute atomic E-state index is 11.4. The van der Waals surface area contributed by atoms with E-state index < -0.39 is 0 Å². The predicted molar refractivity (Wildman–Crippen MR) is 95.4 cm³/mol. The van der Waals surface area contributed by atoms with Gasteiger partial charge in [0.2, 0.25) is 5.43 Å². The van der Waals surface area contributed by atoms with Gasteiger partial charge >= 0.3 is 0 Å². The first-order valence-corrected chi connectivity index (χ1v) is 7.51. The number of hydrogen-bond donors (Lipinski definition) is 1. The molecule has 23 heavy (non-hydrogen) atoms. The number of anilines is 1. The van der Waals surface area contributed by atoms with E-state index in [-0.39, 0.29) is 23.6 Å². The molecule has 1 aromatic carbocycles. The molecule has 1 aliphatic rings. The molecule has 6 heteroatoms. The minimum Gasteiger partial charge on any atom is -0.503 e. The van der Waals surface area contributed by atoms with Crippen LogP contribution in [0.25, 0.3) is 5.69 Å². The Kier molecular flexibility index (Phi) is 5.34. The smallest absolute Gasteiger partial charge is 0.223 e. The summed E-state index contributed by atoms with van der Waals surface area (Å²) in [6, 6.07) is 9.61. The number of halogens is 1. The van der Waals surface area contributed by atoms with E-state index in [0.29, 0.717) is 5.69 Å². The molecule has 1 aliphatic heterocycles. The number of likely N-dealkylation sites (N-methyl/N-ethyl adjacent to an activating group) is 1. The van der Waals surface area contributed by atoms with Gasteiger partial charge in [-0.15, -0.1) is 12.4 Å². The summed E-state index contributed by atoms with van der Waals surface area (Å²) in [5.41, 5.74) is 2.35. The Morgan fingerprint density at radius 1 is 0.957 bits per heavy atom. The molecule has 0 aliphatic carbocycles. The second-order valence-corrected chi connectivity index (χ2v) is 5.79. The predicted octanol–water partition coefficient (Wildman–Crippen LogP) is 2.03. The van der Waals surface area contributed by atoms with Gasteiger partial charge < -0.3 is 19.5 Å². The largest absolute Gasteiger partial charge is 0.503 e. The maximum atomic E-state index is 11.4. The van der Waals surface area contributed by atoms with Crippen LogP contribution in [0, 0.1) is 6.92 Å². The second-order valence-electron chi connectivity index (χ2n) is 5.79. The number of benzene rings is 1. The molecule has 1 aromatic heterocycles. The van der Waals surface area contributed by atoms with E-state index in [1.165, 1.54) is 11.8 Å². The average Bonchev–Trinajstić information content (AvgIpc) is 2.54. The highest BCUT2D eigenvalue weighted by Gasteiger charge is 2.14. The molecule has 0 saturated carbocycles. The minimum absolute atomic E-state index is 0. The fourth-order valence-corrected chi connectivity index (χ4v) is 2.79. The van der Waals surface area contributed by atoms with Crippen LogP contribution in [0.3, 0.4) is 0 Å².